The minimum Gasteiger partial charge on any atom is -0.294 e. The average molecular weight is 153 g/mol. The van der Waals surface area contributed by atoms with Crippen LogP contribution in [-0.2, 0) is 0 Å². The van der Waals surface area contributed by atoms with Gasteiger partial charge in [-0.25, -0.2) is 0 Å². The van der Waals surface area contributed by atoms with Crippen molar-refractivity contribution in [3.05, 3.63) is 12.7 Å². The van der Waals surface area contributed by atoms with E-state index in [4.69, 9.17) is 0 Å². The predicted molar refractivity (Wildman–Crippen MR) is 52.3 cm³/mol. The molecular weight excluding hydrogens is 134 g/mol. The van der Waals surface area contributed by atoms with Gasteiger partial charge in [0.25, 0.3) is 0 Å². The average Bonchev–Trinajstić information content (AvgIpc) is 2.01. The first kappa shape index (κ1) is 10.4. The minimum atomic E-state index is 0.986. The van der Waals surface area contributed by atoms with Crippen LogP contribution in [0.5, 0.6) is 0 Å². The Morgan fingerprint density at radius 2 is 2.27 bits per heavy atom. The summed E-state index contributed by atoms with van der Waals surface area (Å²) in [6.45, 7) is 8.93. The summed E-state index contributed by atoms with van der Waals surface area (Å²) in [5.41, 5.74) is 1.29. The van der Waals surface area contributed by atoms with Crippen LogP contribution in [-0.4, -0.2) is 12.3 Å². The summed E-state index contributed by atoms with van der Waals surface area (Å²) < 4.78 is 0. The number of hydrogen-bond donors (Lipinski definition) is 0. The maximum absolute atomic E-state index is 4.40. The van der Waals surface area contributed by atoms with Gasteiger partial charge in [-0.3, -0.25) is 4.99 Å². The smallest absolute Gasteiger partial charge is 0.0385 e. The molecule has 0 saturated heterocycles. The molecule has 0 aromatic rings. The SMILES string of the molecule is C=CCCC/C(C)=N/CCC. The predicted octanol–water partition coefficient (Wildman–Crippen LogP) is 3.21. The Morgan fingerprint density at radius 1 is 1.55 bits per heavy atom. The normalized spacial score (nSPS) is 11.6. The fraction of sp³-hybridized carbons (Fsp3) is 0.700. The number of hydrogen-bond acceptors (Lipinski definition) is 1. The van der Waals surface area contributed by atoms with Gasteiger partial charge in [-0.2, -0.15) is 0 Å². The fourth-order valence-corrected chi connectivity index (χ4v) is 0.884. The molecule has 0 aromatic heterocycles. The van der Waals surface area contributed by atoms with E-state index in [9.17, 15) is 0 Å². The molecular formula is C10H19N. The van der Waals surface area contributed by atoms with E-state index in [2.05, 4.69) is 25.4 Å². The number of rotatable bonds is 6. The van der Waals surface area contributed by atoms with Gasteiger partial charge in [0.15, 0.2) is 0 Å². The van der Waals surface area contributed by atoms with Gasteiger partial charge in [0.05, 0.1) is 0 Å². The van der Waals surface area contributed by atoms with E-state index in [1.807, 2.05) is 6.08 Å². The highest BCUT2D eigenvalue weighted by molar-refractivity contribution is 5.81. The van der Waals surface area contributed by atoms with E-state index < -0.39 is 0 Å². The van der Waals surface area contributed by atoms with Crippen molar-refractivity contribution in [1.82, 2.24) is 0 Å². The second-order valence-electron chi connectivity index (χ2n) is 2.80. The third kappa shape index (κ3) is 7.31. The molecule has 0 fully saturated rings. The van der Waals surface area contributed by atoms with Crippen LogP contribution in [0.1, 0.15) is 39.5 Å². The molecule has 0 aliphatic carbocycles. The fourth-order valence-electron chi connectivity index (χ4n) is 0.884. The van der Waals surface area contributed by atoms with Gasteiger partial charge in [-0.15, -0.1) is 6.58 Å². The van der Waals surface area contributed by atoms with Gasteiger partial charge in [0.2, 0.25) is 0 Å². The molecule has 64 valence electrons. The van der Waals surface area contributed by atoms with Crippen LogP contribution >= 0.6 is 0 Å². The molecule has 1 nitrogen and oxygen atoms in total. The summed E-state index contributed by atoms with van der Waals surface area (Å²) >= 11 is 0. The molecule has 0 heterocycles. The Balaban J connectivity index is 3.34. The van der Waals surface area contributed by atoms with E-state index in [1.165, 1.54) is 12.1 Å². The molecule has 1 heteroatoms. The molecule has 0 saturated carbocycles. The van der Waals surface area contributed by atoms with Crippen molar-refractivity contribution in [2.24, 2.45) is 4.99 Å². The van der Waals surface area contributed by atoms with E-state index in [-0.39, 0.29) is 0 Å². The van der Waals surface area contributed by atoms with Crippen molar-refractivity contribution in [1.29, 1.82) is 0 Å². The highest BCUT2D eigenvalue weighted by atomic mass is 14.7. The molecule has 0 bridgehead atoms. The Hall–Kier alpha value is -0.590. The minimum absolute atomic E-state index is 0.986. The zero-order chi connectivity index (χ0) is 8.53. The lowest BCUT2D eigenvalue weighted by atomic mass is 10.2. The van der Waals surface area contributed by atoms with Crippen molar-refractivity contribution in [2.75, 3.05) is 6.54 Å². The molecule has 0 amide bonds. The van der Waals surface area contributed by atoms with Crippen LogP contribution in [0.2, 0.25) is 0 Å². The first-order chi connectivity index (χ1) is 5.31. The monoisotopic (exact) mass is 153 g/mol. The number of allylic oxidation sites excluding steroid dienone is 1. The molecule has 0 spiro atoms. The summed E-state index contributed by atoms with van der Waals surface area (Å²) in [6, 6.07) is 0. The lowest BCUT2D eigenvalue weighted by Gasteiger charge is -1.97. The Kier molecular flexibility index (Phi) is 7.11. The van der Waals surface area contributed by atoms with E-state index in [0.29, 0.717) is 0 Å². The maximum Gasteiger partial charge on any atom is 0.0385 e. The number of unbranched alkanes of at least 4 members (excludes halogenated alkanes) is 1. The lowest BCUT2D eigenvalue weighted by Crippen LogP contribution is -1.92. The van der Waals surface area contributed by atoms with Gasteiger partial charge in [-0.05, 0) is 32.6 Å². The Bertz CT molecular complexity index is 125. The molecule has 11 heavy (non-hydrogen) atoms. The van der Waals surface area contributed by atoms with Crippen molar-refractivity contribution in [3.8, 4) is 0 Å². The first-order valence-electron chi connectivity index (χ1n) is 4.42. The molecule has 0 aromatic carbocycles. The lowest BCUT2D eigenvalue weighted by molar-refractivity contribution is 0.870. The maximum atomic E-state index is 4.40. The van der Waals surface area contributed by atoms with Crippen molar-refractivity contribution in [3.63, 3.8) is 0 Å². The van der Waals surface area contributed by atoms with E-state index >= 15 is 0 Å². The van der Waals surface area contributed by atoms with Gasteiger partial charge in [-0.1, -0.05) is 13.0 Å². The van der Waals surface area contributed by atoms with E-state index in [1.54, 1.807) is 0 Å². The first-order valence-corrected chi connectivity index (χ1v) is 4.42. The Labute approximate surface area is 70.2 Å². The second-order valence-corrected chi connectivity index (χ2v) is 2.80. The highest BCUT2D eigenvalue weighted by Crippen LogP contribution is 1.98. The molecule has 0 aliphatic heterocycles. The molecule has 0 unspecified atom stereocenters. The van der Waals surface area contributed by atoms with Crippen LogP contribution in [0.3, 0.4) is 0 Å². The topological polar surface area (TPSA) is 12.4 Å². The van der Waals surface area contributed by atoms with Crippen LogP contribution in [0.15, 0.2) is 17.6 Å². The molecule has 0 atom stereocenters. The molecule has 0 radical (unpaired) electrons. The summed E-state index contributed by atoms with van der Waals surface area (Å²) in [6.07, 6.45) is 6.56. The largest absolute Gasteiger partial charge is 0.294 e. The van der Waals surface area contributed by atoms with Gasteiger partial charge < -0.3 is 0 Å². The number of nitrogens with zero attached hydrogens (tertiary/aromatic N) is 1. The summed E-state index contributed by atoms with van der Waals surface area (Å²) in [5.74, 6) is 0. The summed E-state index contributed by atoms with van der Waals surface area (Å²) in [7, 11) is 0. The highest BCUT2D eigenvalue weighted by Gasteiger charge is 1.89. The Morgan fingerprint density at radius 3 is 2.82 bits per heavy atom. The second kappa shape index (κ2) is 7.52. The molecule has 0 N–H and O–H groups in total. The van der Waals surface area contributed by atoms with Crippen molar-refractivity contribution in [2.45, 2.75) is 39.5 Å². The quantitative estimate of drug-likeness (QED) is 0.315. The summed E-state index contributed by atoms with van der Waals surface area (Å²) in [5, 5.41) is 0. The van der Waals surface area contributed by atoms with Gasteiger partial charge >= 0.3 is 0 Å². The van der Waals surface area contributed by atoms with Crippen LogP contribution in [0, 0.1) is 0 Å². The van der Waals surface area contributed by atoms with Crippen LogP contribution in [0.25, 0.3) is 0 Å². The zero-order valence-electron chi connectivity index (χ0n) is 7.77. The van der Waals surface area contributed by atoms with Crippen molar-refractivity contribution < 1.29 is 0 Å². The van der Waals surface area contributed by atoms with Crippen molar-refractivity contribution >= 4 is 5.71 Å². The third-order valence-corrected chi connectivity index (χ3v) is 1.55. The van der Waals surface area contributed by atoms with Gasteiger partial charge in [0.1, 0.15) is 0 Å². The number of aliphatic imine (C=N–C) groups is 1. The van der Waals surface area contributed by atoms with Crippen LogP contribution < -0.4 is 0 Å². The van der Waals surface area contributed by atoms with Gasteiger partial charge in [0, 0.05) is 12.3 Å². The molecule has 0 rings (SSSR count). The van der Waals surface area contributed by atoms with E-state index in [0.717, 1.165) is 25.8 Å². The molecule has 0 aliphatic rings. The summed E-state index contributed by atoms with van der Waals surface area (Å²) in [4.78, 5) is 4.40. The van der Waals surface area contributed by atoms with Crippen LogP contribution in [0.4, 0.5) is 0 Å². The standard InChI is InChI=1S/C10H19N/c1-4-6-7-8-10(3)11-9-5-2/h4H,1,5-9H2,2-3H3/b11-10+. The third-order valence-electron chi connectivity index (χ3n) is 1.55. The zero-order valence-corrected chi connectivity index (χ0v) is 7.77.